The predicted molar refractivity (Wildman–Crippen MR) is 81.4 cm³/mol. The number of aromatic nitrogens is 2. The zero-order valence-corrected chi connectivity index (χ0v) is 12.8. The molecule has 0 spiro atoms. The Kier molecular flexibility index (Phi) is 5.04. The van der Waals surface area contributed by atoms with E-state index in [1.807, 2.05) is 36.0 Å². The Morgan fingerprint density at radius 1 is 1.40 bits per heavy atom. The van der Waals surface area contributed by atoms with E-state index in [-0.39, 0.29) is 6.04 Å². The van der Waals surface area contributed by atoms with Crippen LogP contribution in [0.2, 0.25) is 5.02 Å². The summed E-state index contributed by atoms with van der Waals surface area (Å²) in [7, 11) is 3.61. The largest absolute Gasteiger partial charge is 0.493 e. The van der Waals surface area contributed by atoms with Crippen LogP contribution in [0.4, 0.5) is 0 Å². The second-order valence-electron chi connectivity index (χ2n) is 4.55. The SMILES string of the molecule is CCn1ncc(OC)c1C(Cc1ccccc1Cl)NC. The molecule has 20 heavy (non-hydrogen) atoms. The molecule has 0 radical (unpaired) electrons. The summed E-state index contributed by atoms with van der Waals surface area (Å²) in [4.78, 5) is 0. The molecule has 1 heterocycles. The molecule has 0 aliphatic heterocycles. The van der Waals surface area contributed by atoms with E-state index in [0.29, 0.717) is 0 Å². The van der Waals surface area contributed by atoms with Gasteiger partial charge in [-0.1, -0.05) is 29.8 Å². The van der Waals surface area contributed by atoms with E-state index in [2.05, 4.69) is 17.3 Å². The average molecular weight is 294 g/mol. The summed E-state index contributed by atoms with van der Waals surface area (Å²) in [6.07, 6.45) is 2.55. The monoisotopic (exact) mass is 293 g/mol. The smallest absolute Gasteiger partial charge is 0.161 e. The number of likely N-dealkylation sites (N-methyl/N-ethyl adjacent to an activating group) is 1. The molecule has 1 aromatic carbocycles. The first-order valence-electron chi connectivity index (χ1n) is 6.71. The lowest BCUT2D eigenvalue weighted by molar-refractivity contribution is 0.394. The molecule has 108 valence electrons. The highest BCUT2D eigenvalue weighted by molar-refractivity contribution is 6.31. The summed E-state index contributed by atoms with van der Waals surface area (Å²) >= 11 is 6.25. The molecule has 0 saturated heterocycles. The van der Waals surface area contributed by atoms with Crippen LogP contribution >= 0.6 is 11.6 Å². The highest BCUT2D eigenvalue weighted by Gasteiger charge is 2.21. The van der Waals surface area contributed by atoms with Crippen molar-refractivity contribution in [2.75, 3.05) is 14.2 Å². The molecule has 0 saturated carbocycles. The maximum atomic E-state index is 6.25. The van der Waals surface area contributed by atoms with Crippen molar-refractivity contribution in [1.82, 2.24) is 15.1 Å². The van der Waals surface area contributed by atoms with Crippen LogP contribution in [-0.4, -0.2) is 23.9 Å². The maximum Gasteiger partial charge on any atom is 0.161 e. The van der Waals surface area contributed by atoms with Gasteiger partial charge in [-0.2, -0.15) is 5.10 Å². The quantitative estimate of drug-likeness (QED) is 0.890. The van der Waals surface area contributed by atoms with Gasteiger partial charge in [-0.3, -0.25) is 4.68 Å². The van der Waals surface area contributed by atoms with Crippen molar-refractivity contribution in [2.45, 2.75) is 25.9 Å². The Bertz CT molecular complexity index is 546. The highest BCUT2D eigenvalue weighted by Crippen LogP contribution is 2.29. The Labute approximate surface area is 124 Å². The lowest BCUT2D eigenvalue weighted by Crippen LogP contribution is -2.23. The van der Waals surface area contributed by atoms with Crippen molar-refractivity contribution in [3.8, 4) is 5.75 Å². The standard InChI is InChI=1S/C15H20ClN3O/c1-4-19-15(14(20-3)10-18-19)13(17-2)9-11-7-5-6-8-12(11)16/h5-8,10,13,17H,4,9H2,1-3H3. The van der Waals surface area contributed by atoms with Gasteiger partial charge < -0.3 is 10.1 Å². The number of aryl methyl sites for hydroxylation is 1. The zero-order valence-electron chi connectivity index (χ0n) is 12.1. The van der Waals surface area contributed by atoms with E-state index in [4.69, 9.17) is 16.3 Å². The van der Waals surface area contributed by atoms with E-state index in [9.17, 15) is 0 Å². The molecule has 1 unspecified atom stereocenters. The highest BCUT2D eigenvalue weighted by atomic mass is 35.5. The van der Waals surface area contributed by atoms with Gasteiger partial charge in [0.1, 0.15) is 0 Å². The third kappa shape index (κ3) is 2.97. The first-order valence-corrected chi connectivity index (χ1v) is 7.09. The van der Waals surface area contributed by atoms with Gasteiger partial charge >= 0.3 is 0 Å². The molecule has 0 fully saturated rings. The Hall–Kier alpha value is -1.52. The van der Waals surface area contributed by atoms with Crippen molar-refractivity contribution >= 4 is 11.6 Å². The number of nitrogens with one attached hydrogen (secondary N) is 1. The Morgan fingerprint density at radius 2 is 2.15 bits per heavy atom. The Balaban J connectivity index is 2.33. The van der Waals surface area contributed by atoms with E-state index >= 15 is 0 Å². The van der Waals surface area contributed by atoms with E-state index in [0.717, 1.165) is 35.0 Å². The number of halogens is 1. The van der Waals surface area contributed by atoms with Crippen molar-refractivity contribution in [2.24, 2.45) is 0 Å². The molecule has 1 atom stereocenters. The van der Waals surface area contributed by atoms with Gasteiger partial charge in [-0.05, 0) is 32.0 Å². The average Bonchev–Trinajstić information content (AvgIpc) is 2.89. The number of ether oxygens (including phenoxy) is 1. The van der Waals surface area contributed by atoms with Crippen LogP contribution in [0.5, 0.6) is 5.75 Å². The summed E-state index contributed by atoms with van der Waals surface area (Å²) in [6.45, 7) is 2.87. The second-order valence-corrected chi connectivity index (χ2v) is 4.96. The van der Waals surface area contributed by atoms with Crippen LogP contribution in [0.15, 0.2) is 30.5 Å². The molecule has 0 aliphatic carbocycles. The summed E-state index contributed by atoms with van der Waals surface area (Å²) in [6, 6.07) is 8.01. The van der Waals surface area contributed by atoms with Gasteiger partial charge in [0, 0.05) is 11.6 Å². The molecule has 4 nitrogen and oxygen atoms in total. The number of nitrogens with zero attached hydrogens (tertiary/aromatic N) is 2. The fourth-order valence-electron chi connectivity index (χ4n) is 2.36. The number of hydrogen-bond donors (Lipinski definition) is 1. The van der Waals surface area contributed by atoms with Crippen LogP contribution in [0.3, 0.4) is 0 Å². The molecule has 0 amide bonds. The van der Waals surface area contributed by atoms with Gasteiger partial charge in [-0.25, -0.2) is 0 Å². The lowest BCUT2D eigenvalue weighted by atomic mass is 10.0. The predicted octanol–water partition coefficient (Wildman–Crippen LogP) is 3.07. The summed E-state index contributed by atoms with van der Waals surface area (Å²) in [5.74, 6) is 0.804. The third-order valence-corrected chi connectivity index (χ3v) is 3.79. The van der Waals surface area contributed by atoms with Gasteiger partial charge in [0.2, 0.25) is 0 Å². The van der Waals surface area contributed by atoms with Gasteiger partial charge in [0.15, 0.2) is 5.75 Å². The number of rotatable bonds is 6. The van der Waals surface area contributed by atoms with Crippen molar-refractivity contribution in [3.05, 3.63) is 46.7 Å². The van der Waals surface area contributed by atoms with Crippen LogP contribution in [0.25, 0.3) is 0 Å². The molecular weight excluding hydrogens is 274 g/mol. The van der Waals surface area contributed by atoms with E-state index in [1.54, 1.807) is 13.3 Å². The minimum atomic E-state index is 0.104. The minimum Gasteiger partial charge on any atom is -0.493 e. The Morgan fingerprint density at radius 3 is 2.75 bits per heavy atom. The first kappa shape index (κ1) is 14.9. The minimum absolute atomic E-state index is 0.104. The van der Waals surface area contributed by atoms with Crippen LogP contribution in [0.1, 0.15) is 24.2 Å². The van der Waals surface area contributed by atoms with Crippen LogP contribution in [-0.2, 0) is 13.0 Å². The van der Waals surface area contributed by atoms with Gasteiger partial charge in [-0.15, -0.1) is 0 Å². The van der Waals surface area contributed by atoms with E-state index < -0.39 is 0 Å². The summed E-state index contributed by atoms with van der Waals surface area (Å²) in [5.41, 5.74) is 2.16. The van der Waals surface area contributed by atoms with Crippen LogP contribution < -0.4 is 10.1 Å². The third-order valence-electron chi connectivity index (χ3n) is 3.42. The normalized spacial score (nSPS) is 12.4. The van der Waals surface area contributed by atoms with E-state index in [1.165, 1.54) is 0 Å². The molecule has 1 N–H and O–H groups in total. The molecule has 0 aliphatic rings. The fourth-order valence-corrected chi connectivity index (χ4v) is 2.57. The molecular formula is C15H20ClN3O. The molecule has 5 heteroatoms. The van der Waals surface area contributed by atoms with Crippen molar-refractivity contribution in [3.63, 3.8) is 0 Å². The topological polar surface area (TPSA) is 39.1 Å². The van der Waals surface area contributed by atoms with Crippen molar-refractivity contribution in [1.29, 1.82) is 0 Å². The summed E-state index contributed by atoms with van der Waals surface area (Å²) in [5, 5.41) is 8.47. The zero-order chi connectivity index (χ0) is 14.5. The number of benzene rings is 1. The fraction of sp³-hybridized carbons (Fsp3) is 0.400. The van der Waals surface area contributed by atoms with Gasteiger partial charge in [0.25, 0.3) is 0 Å². The maximum absolute atomic E-state index is 6.25. The molecule has 0 bridgehead atoms. The molecule has 1 aromatic heterocycles. The van der Waals surface area contributed by atoms with Gasteiger partial charge in [0.05, 0.1) is 25.0 Å². The lowest BCUT2D eigenvalue weighted by Gasteiger charge is -2.19. The number of methoxy groups -OCH3 is 1. The molecule has 2 aromatic rings. The summed E-state index contributed by atoms with van der Waals surface area (Å²) < 4.78 is 7.38. The molecule has 2 rings (SSSR count). The van der Waals surface area contributed by atoms with Crippen LogP contribution in [0, 0.1) is 0 Å². The first-order chi connectivity index (χ1) is 9.71. The second kappa shape index (κ2) is 6.77. The van der Waals surface area contributed by atoms with Crippen molar-refractivity contribution < 1.29 is 4.74 Å². The number of hydrogen-bond acceptors (Lipinski definition) is 3.